The number of carboxylic acid groups (broad SMARTS) is 2. The van der Waals surface area contributed by atoms with Crippen molar-refractivity contribution in [1.29, 1.82) is 0 Å². The van der Waals surface area contributed by atoms with E-state index in [0.717, 1.165) is 0 Å². The van der Waals surface area contributed by atoms with Crippen LogP contribution >= 0.6 is 0 Å². The van der Waals surface area contributed by atoms with Crippen LogP contribution in [-0.2, 0) is 24.0 Å². The van der Waals surface area contributed by atoms with E-state index in [9.17, 15) is 29.1 Å². The molecule has 0 aliphatic carbocycles. The maximum atomic E-state index is 12.5. The summed E-state index contributed by atoms with van der Waals surface area (Å²) in [4.78, 5) is 61.9. The standard InChI is InChI=1S/C16H29N7O7/c1-8(21-11(24)7-17)13(27)22-9(3-2-6-20-16(18)19)14(28)23-10(15(29)30)4-5-12(25)26/h8-10H,2-7,17H2,1H3,(H,21,24)(H,22,27)(H,23,28)(H,25,26)(H,29,30)(H4,18,19,20). The highest BCUT2D eigenvalue weighted by Gasteiger charge is 2.28. The number of nitrogens with two attached hydrogens (primary N) is 3. The Kier molecular flexibility index (Phi) is 12.1. The Morgan fingerprint density at radius 3 is 2.03 bits per heavy atom. The largest absolute Gasteiger partial charge is 0.481 e. The molecule has 11 N–H and O–H groups in total. The van der Waals surface area contributed by atoms with Crippen LogP contribution in [0.5, 0.6) is 0 Å². The van der Waals surface area contributed by atoms with Crippen molar-refractivity contribution < 1.29 is 34.2 Å². The molecular weight excluding hydrogens is 402 g/mol. The molecule has 0 fully saturated rings. The summed E-state index contributed by atoms with van der Waals surface area (Å²) in [5.74, 6) is -4.90. The molecule has 0 aromatic carbocycles. The Balaban J connectivity index is 5.19. The van der Waals surface area contributed by atoms with Gasteiger partial charge in [-0.1, -0.05) is 0 Å². The van der Waals surface area contributed by atoms with Crippen molar-refractivity contribution in [3.8, 4) is 0 Å². The zero-order chi connectivity index (χ0) is 23.3. The quantitative estimate of drug-likeness (QED) is 0.0762. The molecule has 0 aliphatic heterocycles. The Hall–Kier alpha value is -3.42. The summed E-state index contributed by atoms with van der Waals surface area (Å²) in [5, 5.41) is 24.8. The molecule has 0 spiro atoms. The monoisotopic (exact) mass is 431 g/mol. The number of nitrogens with zero attached hydrogens (tertiary/aromatic N) is 1. The van der Waals surface area contributed by atoms with Gasteiger partial charge in [-0.15, -0.1) is 0 Å². The molecule has 0 aromatic rings. The predicted molar refractivity (Wildman–Crippen MR) is 105 cm³/mol. The van der Waals surface area contributed by atoms with Crippen LogP contribution < -0.4 is 33.2 Å². The van der Waals surface area contributed by atoms with Crippen LogP contribution in [0.4, 0.5) is 0 Å². The molecule has 14 heteroatoms. The molecule has 0 saturated heterocycles. The number of aliphatic imine (C=N–C) groups is 1. The maximum Gasteiger partial charge on any atom is 0.326 e. The van der Waals surface area contributed by atoms with Gasteiger partial charge in [-0.2, -0.15) is 0 Å². The number of aliphatic carboxylic acids is 2. The van der Waals surface area contributed by atoms with Crippen LogP contribution in [0.1, 0.15) is 32.6 Å². The van der Waals surface area contributed by atoms with Gasteiger partial charge < -0.3 is 43.4 Å². The SMILES string of the molecule is CC(NC(=O)CN)C(=O)NC(CCCN=C(N)N)C(=O)NC(CCC(=O)O)C(=O)O. The zero-order valence-electron chi connectivity index (χ0n) is 16.6. The van der Waals surface area contributed by atoms with Crippen LogP contribution in [0.2, 0.25) is 0 Å². The molecule has 3 unspecified atom stereocenters. The first-order valence-electron chi connectivity index (χ1n) is 9.08. The minimum atomic E-state index is -1.46. The number of carboxylic acids is 2. The fraction of sp³-hybridized carbons (Fsp3) is 0.625. The predicted octanol–water partition coefficient (Wildman–Crippen LogP) is -3.58. The molecule has 0 radical (unpaired) electrons. The number of hydrogen-bond donors (Lipinski definition) is 8. The molecule has 0 aromatic heterocycles. The van der Waals surface area contributed by atoms with Crippen molar-refractivity contribution in [3.63, 3.8) is 0 Å². The maximum absolute atomic E-state index is 12.5. The van der Waals surface area contributed by atoms with Crippen molar-refractivity contribution in [2.75, 3.05) is 13.1 Å². The van der Waals surface area contributed by atoms with Gasteiger partial charge in [0.05, 0.1) is 6.54 Å². The summed E-state index contributed by atoms with van der Waals surface area (Å²) in [5.41, 5.74) is 15.6. The lowest BCUT2D eigenvalue weighted by Crippen LogP contribution is -2.55. The van der Waals surface area contributed by atoms with E-state index >= 15 is 0 Å². The van der Waals surface area contributed by atoms with Crippen molar-refractivity contribution in [1.82, 2.24) is 16.0 Å². The lowest BCUT2D eigenvalue weighted by Gasteiger charge is -2.23. The van der Waals surface area contributed by atoms with E-state index in [1.807, 2.05) is 0 Å². The van der Waals surface area contributed by atoms with E-state index in [1.54, 1.807) is 0 Å². The van der Waals surface area contributed by atoms with Crippen LogP contribution in [0.25, 0.3) is 0 Å². The summed E-state index contributed by atoms with van der Waals surface area (Å²) in [6, 6.07) is -3.63. The molecule has 14 nitrogen and oxygen atoms in total. The number of carbonyl (C=O) groups excluding carboxylic acids is 3. The van der Waals surface area contributed by atoms with Gasteiger partial charge in [0.2, 0.25) is 17.7 Å². The molecule has 170 valence electrons. The Labute approximate surface area is 172 Å². The summed E-state index contributed by atoms with van der Waals surface area (Å²) in [6.45, 7) is 1.21. The first-order valence-corrected chi connectivity index (χ1v) is 9.08. The van der Waals surface area contributed by atoms with Gasteiger partial charge in [-0.3, -0.25) is 24.2 Å². The van der Waals surface area contributed by atoms with Crippen molar-refractivity contribution >= 4 is 35.6 Å². The Morgan fingerprint density at radius 2 is 1.53 bits per heavy atom. The lowest BCUT2D eigenvalue weighted by molar-refractivity contribution is -0.143. The normalized spacial score (nSPS) is 13.3. The number of amides is 3. The topological polar surface area (TPSA) is 252 Å². The number of nitrogens with one attached hydrogen (secondary N) is 3. The lowest BCUT2D eigenvalue weighted by atomic mass is 10.1. The number of carbonyl (C=O) groups is 5. The highest BCUT2D eigenvalue weighted by atomic mass is 16.4. The second-order valence-electron chi connectivity index (χ2n) is 6.34. The first-order chi connectivity index (χ1) is 14.0. The van der Waals surface area contributed by atoms with E-state index in [1.165, 1.54) is 6.92 Å². The fourth-order valence-corrected chi connectivity index (χ4v) is 2.23. The summed E-state index contributed by atoms with van der Waals surface area (Å²) >= 11 is 0. The molecule has 30 heavy (non-hydrogen) atoms. The fourth-order valence-electron chi connectivity index (χ4n) is 2.23. The third-order valence-corrected chi connectivity index (χ3v) is 3.80. The van der Waals surface area contributed by atoms with Gasteiger partial charge in [0.1, 0.15) is 18.1 Å². The molecule has 3 atom stereocenters. The summed E-state index contributed by atoms with van der Waals surface area (Å²) < 4.78 is 0. The number of hydrogen-bond acceptors (Lipinski definition) is 7. The van der Waals surface area contributed by atoms with Gasteiger partial charge in [0.15, 0.2) is 5.96 Å². The molecule has 0 aliphatic rings. The minimum Gasteiger partial charge on any atom is -0.481 e. The van der Waals surface area contributed by atoms with E-state index in [4.69, 9.17) is 22.3 Å². The smallest absolute Gasteiger partial charge is 0.326 e. The van der Waals surface area contributed by atoms with Crippen LogP contribution in [0, 0.1) is 0 Å². The van der Waals surface area contributed by atoms with Crippen LogP contribution in [0.3, 0.4) is 0 Å². The van der Waals surface area contributed by atoms with Crippen molar-refractivity contribution in [2.45, 2.75) is 50.7 Å². The zero-order valence-corrected chi connectivity index (χ0v) is 16.6. The molecule has 0 heterocycles. The van der Waals surface area contributed by atoms with Gasteiger partial charge >= 0.3 is 11.9 Å². The average molecular weight is 431 g/mol. The van der Waals surface area contributed by atoms with Gasteiger partial charge in [0, 0.05) is 13.0 Å². The molecular formula is C16H29N7O7. The first kappa shape index (κ1) is 26.6. The molecule has 0 rings (SSSR count). The van der Waals surface area contributed by atoms with E-state index < -0.39 is 54.2 Å². The average Bonchev–Trinajstić information content (AvgIpc) is 2.66. The van der Waals surface area contributed by atoms with Gasteiger partial charge in [-0.05, 0) is 26.2 Å². The highest BCUT2D eigenvalue weighted by molar-refractivity contribution is 5.93. The minimum absolute atomic E-state index is 0.0528. The third-order valence-electron chi connectivity index (χ3n) is 3.80. The van der Waals surface area contributed by atoms with Crippen molar-refractivity contribution in [2.24, 2.45) is 22.2 Å². The van der Waals surface area contributed by atoms with E-state index in [0.29, 0.717) is 0 Å². The second-order valence-corrected chi connectivity index (χ2v) is 6.34. The summed E-state index contributed by atoms with van der Waals surface area (Å²) in [6.07, 6.45) is -0.487. The number of guanidine groups is 1. The highest BCUT2D eigenvalue weighted by Crippen LogP contribution is 2.04. The van der Waals surface area contributed by atoms with Crippen LogP contribution in [0.15, 0.2) is 4.99 Å². The van der Waals surface area contributed by atoms with E-state index in [-0.39, 0.29) is 38.3 Å². The Bertz CT molecular complexity index is 664. The van der Waals surface area contributed by atoms with Gasteiger partial charge in [0.25, 0.3) is 0 Å². The number of rotatable bonds is 14. The molecule has 0 saturated carbocycles. The van der Waals surface area contributed by atoms with Crippen molar-refractivity contribution in [3.05, 3.63) is 0 Å². The van der Waals surface area contributed by atoms with Crippen LogP contribution in [-0.4, -0.2) is 77.0 Å². The Morgan fingerprint density at radius 1 is 0.933 bits per heavy atom. The molecule has 0 bridgehead atoms. The summed E-state index contributed by atoms with van der Waals surface area (Å²) in [7, 11) is 0. The van der Waals surface area contributed by atoms with Gasteiger partial charge in [-0.25, -0.2) is 4.79 Å². The third kappa shape index (κ3) is 11.4. The molecule has 3 amide bonds. The second kappa shape index (κ2) is 13.7. The van der Waals surface area contributed by atoms with E-state index in [2.05, 4.69) is 20.9 Å².